The first kappa shape index (κ1) is 13.3. The fraction of sp³-hybridized carbons (Fsp3) is 0.250. The number of hydrogen-bond donors (Lipinski definition) is 0. The van der Waals surface area contributed by atoms with Gasteiger partial charge in [-0.3, -0.25) is 4.79 Å². The Morgan fingerprint density at radius 2 is 1.59 bits per heavy atom. The number of allylic oxidation sites excluding steroid dienone is 2. The first-order chi connectivity index (χ1) is 7.73. The van der Waals surface area contributed by atoms with Crippen LogP contribution in [-0.2, 0) is 11.0 Å². The van der Waals surface area contributed by atoms with Crippen LogP contribution in [0, 0.1) is 0 Å². The smallest absolute Gasteiger partial charge is 0.416 e. The monoisotopic (exact) mass is 243 g/mol. The predicted molar refractivity (Wildman–Crippen MR) is 54.7 cm³/mol. The maximum atomic E-state index is 12.3. The van der Waals surface area contributed by atoms with Gasteiger partial charge in [0.15, 0.2) is 5.78 Å². The normalized spacial score (nSPS) is 13.2. The highest BCUT2D eigenvalue weighted by atomic mass is 19.4. The summed E-state index contributed by atoms with van der Waals surface area (Å²) in [5.74, 6) is -0.922. The minimum absolute atomic E-state index is 0.0845. The van der Waals surface area contributed by atoms with E-state index in [0.717, 1.165) is 24.3 Å². The van der Waals surface area contributed by atoms with Crippen LogP contribution in [0.2, 0.25) is 0 Å². The standard InChI is InChI=1S/C12H11F3O2/c1-7(16)11(8(2)17)9-3-5-10(6-4-9)12(13,14)15/h3-6,16H,1-2H3/p-1/b11-7+. The summed E-state index contributed by atoms with van der Waals surface area (Å²) >= 11 is 0. The van der Waals surface area contributed by atoms with Gasteiger partial charge >= 0.3 is 6.18 Å². The molecule has 0 aliphatic heterocycles. The molecule has 1 aromatic carbocycles. The lowest BCUT2D eigenvalue weighted by Crippen LogP contribution is -2.09. The zero-order valence-corrected chi connectivity index (χ0v) is 9.26. The molecule has 5 heteroatoms. The molecule has 0 saturated carbocycles. The summed E-state index contributed by atoms with van der Waals surface area (Å²) in [6.45, 7) is 2.41. The van der Waals surface area contributed by atoms with E-state index in [-0.39, 0.29) is 11.1 Å². The molecule has 0 bridgehead atoms. The highest BCUT2D eigenvalue weighted by Gasteiger charge is 2.30. The van der Waals surface area contributed by atoms with Gasteiger partial charge in [-0.2, -0.15) is 13.2 Å². The highest BCUT2D eigenvalue weighted by Crippen LogP contribution is 2.30. The molecule has 0 saturated heterocycles. The van der Waals surface area contributed by atoms with Crippen LogP contribution in [0.5, 0.6) is 0 Å². The molecule has 1 aromatic rings. The molecule has 17 heavy (non-hydrogen) atoms. The average Bonchev–Trinajstić information content (AvgIpc) is 2.15. The second kappa shape index (κ2) is 4.61. The lowest BCUT2D eigenvalue weighted by molar-refractivity contribution is -0.300. The molecule has 0 heterocycles. The van der Waals surface area contributed by atoms with E-state index >= 15 is 0 Å². The van der Waals surface area contributed by atoms with E-state index in [1.807, 2.05) is 0 Å². The van der Waals surface area contributed by atoms with E-state index in [4.69, 9.17) is 0 Å². The zero-order chi connectivity index (χ0) is 13.2. The average molecular weight is 243 g/mol. The minimum atomic E-state index is -4.43. The van der Waals surface area contributed by atoms with Crippen molar-refractivity contribution in [2.24, 2.45) is 0 Å². The summed E-state index contributed by atoms with van der Waals surface area (Å²) in [7, 11) is 0. The Hall–Kier alpha value is -1.78. The van der Waals surface area contributed by atoms with Gasteiger partial charge in [0.05, 0.1) is 5.56 Å². The number of hydrogen-bond acceptors (Lipinski definition) is 2. The van der Waals surface area contributed by atoms with Crippen LogP contribution in [0.1, 0.15) is 25.0 Å². The summed E-state index contributed by atoms with van der Waals surface area (Å²) in [5, 5.41) is 11.2. The van der Waals surface area contributed by atoms with Crippen molar-refractivity contribution in [1.82, 2.24) is 0 Å². The zero-order valence-electron chi connectivity index (χ0n) is 9.26. The predicted octanol–water partition coefficient (Wildman–Crippen LogP) is 2.39. The number of Topliss-reactive ketones (excluding diaryl/α,β-unsaturated/α-hetero) is 1. The largest absolute Gasteiger partial charge is 0.875 e. The Bertz CT molecular complexity index is 452. The Labute approximate surface area is 96.4 Å². The van der Waals surface area contributed by atoms with Crippen molar-refractivity contribution in [3.63, 3.8) is 0 Å². The minimum Gasteiger partial charge on any atom is -0.875 e. The van der Waals surface area contributed by atoms with E-state index in [9.17, 15) is 23.1 Å². The molecule has 0 atom stereocenters. The van der Waals surface area contributed by atoms with Crippen LogP contribution in [0.15, 0.2) is 30.0 Å². The molecule has 0 amide bonds. The van der Waals surface area contributed by atoms with Crippen molar-refractivity contribution in [3.05, 3.63) is 41.2 Å². The van der Waals surface area contributed by atoms with Crippen molar-refractivity contribution < 1.29 is 23.1 Å². The summed E-state index contributed by atoms with van der Waals surface area (Å²) in [4.78, 5) is 11.2. The van der Waals surface area contributed by atoms with Gasteiger partial charge in [-0.05, 0) is 24.6 Å². The first-order valence-corrected chi connectivity index (χ1v) is 4.80. The van der Waals surface area contributed by atoms with Crippen LogP contribution in [0.25, 0.3) is 5.57 Å². The highest BCUT2D eigenvalue weighted by molar-refractivity contribution is 6.19. The van der Waals surface area contributed by atoms with Gasteiger partial charge < -0.3 is 5.11 Å². The number of rotatable bonds is 2. The van der Waals surface area contributed by atoms with E-state index in [2.05, 4.69) is 0 Å². The van der Waals surface area contributed by atoms with E-state index in [1.54, 1.807) is 0 Å². The molecule has 0 aliphatic rings. The molecule has 0 aliphatic carbocycles. The van der Waals surface area contributed by atoms with Gasteiger partial charge in [-0.25, -0.2) is 0 Å². The number of carbonyl (C=O) groups is 1. The Morgan fingerprint density at radius 3 is 1.88 bits per heavy atom. The quantitative estimate of drug-likeness (QED) is 0.591. The second-order valence-electron chi connectivity index (χ2n) is 3.56. The van der Waals surface area contributed by atoms with Crippen molar-refractivity contribution >= 4 is 11.4 Å². The summed E-state index contributed by atoms with van der Waals surface area (Å²) in [5.41, 5.74) is -0.690. The van der Waals surface area contributed by atoms with Gasteiger partial charge in [-0.1, -0.05) is 19.1 Å². The van der Waals surface area contributed by atoms with Crippen LogP contribution in [0.3, 0.4) is 0 Å². The van der Waals surface area contributed by atoms with Crippen molar-refractivity contribution in [2.45, 2.75) is 20.0 Å². The Balaban J connectivity index is 3.19. The van der Waals surface area contributed by atoms with Gasteiger partial charge in [0, 0.05) is 5.57 Å². The molecule has 0 unspecified atom stereocenters. The van der Waals surface area contributed by atoms with Crippen LogP contribution in [-0.4, -0.2) is 5.78 Å². The molecule has 2 nitrogen and oxygen atoms in total. The number of halogens is 3. The molecule has 0 radical (unpaired) electrons. The van der Waals surface area contributed by atoms with Crippen LogP contribution >= 0.6 is 0 Å². The van der Waals surface area contributed by atoms with Crippen LogP contribution in [0.4, 0.5) is 13.2 Å². The fourth-order valence-corrected chi connectivity index (χ4v) is 1.48. The Morgan fingerprint density at radius 1 is 1.12 bits per heavy atom. The number of benzene rings is 1. The lowest BCUT2D eigenvalue weighted by Gasteiger charge is -2.14. The molecule has 1 rings (SSSR count). The molecular formula is C12H10F3O2-. The van der Waals surface area contributed by atoms with Crippen molar-refractivity contribution in [2.75, 3.05) is 0 Å². The molecular weight excluding hydrogens is 233 g/mol. The van der Waals surface area contributed by atoms with Gasteiger partial charge in [-0.15, -0.1) is 5.76 Å². The maximum Gasteiger partial charge on any atom is 0.416 e. The van der Waals surface area contributed by atoms with Gasteiger partial charge in [0.2, 0.25) is 0 Å². The molecule has 0 spiro atoms. The number of carbonyl (C=O) groups excluding carboxylic acids is 1. The van der Waals surface area contributed by atoms with Crippen molar-refractivity contribution in [1.29, 1.82) is 0 Å². The molecule has 0 fully saturated rings. The molecule has 0 aromatic heterocycles. The SMILES string of the molecule is CC(=O)/C(=C(/C)[O-])c1ccc(C(F)(F)F)cc1. The molecule has 92 valence electrons. The number of ketones is 1. The van der Waals surface area contributed by atoms with E-state index < -0.39 is 23.3 Å². The molecule has 0 N–H and O–H groups in total. The third-order valence-corrected chi connectivity index (χ3v) is 2.21. The lowest BCUT2D eigenvalue weighted by atomic mass is 10.00. The third-order valence-electron chi connectivity index (χ3n) is 2.21. The topological polar surface area (TPSA) is 40.1 Å². The fourth-order valence-electron chi connectivity index (χ4n) is 1.48. The van der Waals surface area contributed by atoms with Crippen LogP contribution < -0.4 is 5.11 Å². The maximum absolute atomic E-state index is 12.3. The summed E-state index contributed by atoms with van der Waals surface area (Å²) in [6.07, 6.45) is -4.43. The van der Waals surface area contributed by atoms with Gasteiger partial charge in [0.1, 0.15) is 0 Å². The summed E-state index contributed by atoms with van der Waals surface area (Å²) in [6, 6.07) is 3.95. The van der Waals surface area contributed by atoms with E-state index in [1.165, 1.54) is 13.8 Å². The van der Waals surface area contributed by atoms with Gasteiger partial charge in [0.25, 0.3) is 0 Å². The summed E-state index contributed by atoms with van der Waals surface area (Å²) < 4.78 is 36.9. The number of alkyl halides is 3. The third kappa shape index (κ3) is 3.09. The first-order valence-electron chi connectivity index (χ1n) is 4.80. The Kier molecular flexibility index (Phi) is 3.60. The van der Waals surface area contributed by atoms with Crippen molar-refractivity contribution in [3.8, 4) is 0 Å². The van der Waals surface area contributed by atoms with E-state index in [0.29, 0.717) is 0 Å². The second-order valence-corrected chi connectivity index (χ2v) is 3.56.